The summed E-state index contributed by atoms with van der Waals surface area (Å²) in [5, 5.41) is 2.37. The molecule has 0 aliphatic carbocycles. The van der Waals surface area contributed by atoms with Crippen molar-refractivity contribution in [3.63, 3.8) is 0 Å². The predicted molar refractivity (Wildman–Crippen MR) is 51.8 cm³/mol. The van der Waals surface area contributed by atoms with Crippen molar-refractivity contribution in [3.05, 3.63) is 35.9 Å². The summed E-state index contributed by atoms with van der Waals surface area (Å²) in [6.45, 7) is 4.61. The van der Waals surface area contributed by atoms with Gasteiger partial charge in [0.05, 0.1) is 6.54 Å². The molecule has 2 N–H and O–H groups in total. The average Bonchev–Trinajstić information content (AvgIpc) is 2.14. The van der Waals surface area contributed by atoms with E-state index in [2.05, 4.69) is 42.6 Å². The highest BCUT2D eigenvalue weighted by Crippen LogP contribution is 1.94. The van der Waals surface area contributed by atoms with Crippen LogP contribution in [0.2, 0.25) is 0 Å². The van der Waals surface area contributed by atoms with Gasteiger partial charge in [-0.05, 0) is 6.42 Å². The maximum Gasteiger partial charge on any atom is 0.101 e. The van der Waals surface area contributed by atoms with Crippen LogP contribution in [0.15, 0.2) is 30.3 Å². The lowest BCUT2D eigenvalue weighted by Gasteiger charge is -1.99. The highest BCUT2D eigenvalue weighted by molar-refractivity contribution is 5.12. The Morgan fingerprint density at radius 1 is 1.15 bits per heavy atom. The fourth-order valence-corrected chi connectivity index (χ4v) is 1.23. The predicted octanol–water partition coefficient (Wildman–Crippen LogP) is -1.45. The van der Waals surface area contributed by atoms with Crippen LogP contribution in [0, 0.1) is 0 Å². The molecule has 0 aliphatic heterocycles. The molecular formula is C11H18ClN. The summed E-state index contributed by atoms with van der Waals surface area (Å²) < 4.78 is 0. The van der Waals surface area contributed by atoms with Crippen molar-refractivity contribution >= 4 is 0 Å². The minimum Gasteiger partial charge on any atom is -1.00 e. The maximum absolute atomic E-state index is 2.37. The van der Waals surface area contributed by atoms with Gasteiger partial charge >= 0.3 is 0 Å². The number of unbranched alkanes of at least 4 members (excludes halogenated alkanes) is 1. The van der Waals surface area contributed by atoms with Gasteiger partial charge < -0.3 is 17.7 Å². The molecule has 1 aromatic rings. The van der Waals surface area contributed by atoms with Crippen LogP contribution in [0.5, 0.6) is 0 Å². The third-order valence-corrected chi connectivity index (χ3v) is 1.98. The van der Waals surface area contributed by atoms with Crippen LogP contribution in [-0.4, -0.2) is 6.54 Å². The number of quaternary nitrogens is 1. The van der Waals surface area contributed by atoms with E-state index in [1.807, 2.05) is 0 Å². The van der Waals surface area contributed by atoms with Gasteiger partial charge in [0.2, 0.25) is 0 Å². The number of benzene rings is 1. The maximum atomic E-state index is 2.37. The first-order valence-electron chi connectivity index (χ1n) is 4.79. The molecule has 0 saturated heterocycles. The van der Waals surface area contributed by atoms with Gasteiger partial charge in [-0.1, -0.05) is 43.7 Å². The molecule has 0 fully saturated rings. The minimum absolute atomic E-state index is 0. The lowest BCUT2D eigenvalue weighted by Crippen LogP contribution is -3.00. The van der Waals surface area contributed by atoms with Crippen molar-refractivity contribution in [2.75, 3.05) is 6.54 Å². The molecule has 0 spiro atoms. The Bertz CT molecular complexity index is 199. The summed E-state index contributed by atoms with van der Waals surface area (Å²) in [5.41, 5.74) is 1.42. The van der Waals surface area contributed by atoms with Gasteiger partial charge in [-0.3, -0.25) is 0 Å². The summed E-state index contributed by atoms with van der Waals surface area (Å²) in [6, 6.07) is 10.6. The molecule has 1 rings (SSSR count). The SMILES string of the molecule is CCCC[NH2+]Cc1ccccc1.[Cl-]. The fourth-order valence-electron chi connectivity index (χ4n) is 1.23. The van der Waals surface area contributed by atoms with E-state index < -0.39 is 0 Å². The van der Waals surface area contributed by atoms with Crippen LogP contribution in [0.4, 0.5) is 0 Å². The first-order chi connectivity index (χ1) is 5.93. The Morgan fingerprint density at radius 2 is 1.85 bits per heavy atom. The van der Waals surface area contributed by atoms with Gasteiger partial charge in [-0.2, -0.15) is 0 Å². The van der Waals surface area contributed by atoms with E-state index in [0.29, 0.717) is 0 Å². The van der Waals surface area contributed by atoms with Crippen molar-refractivity contribution in [3.8, 4) is 0 Å². The third kappa shape index (κ3) is 5.67. The molecule has 1 nitrogen and oxygen atoms in total. The molecule has 13 heavy (non-hydrogen) atoms. The number of halogens is 1. The summed E-state index contributed by atoms with van der Waals surface area (Å²) >= 11 is 0. The zero-order valence-corrected chi connectivity index (χ0v) is 8.93. The Kier molecular flexibility index (Phi) is 7.76. The number of rotatable bonds is 5. The first-order valence-corrected chi connectivity index (χ1v) is 4.79. The molecule has 0 unspecified atom stereocenters. The van der Waals surface area contributed by atoms with Crippen LogP contribution in [0.1, 0.15) is 25.3 Å². The van der Waals surface area contributed by atoms with Crippen molar-refractivity contribution in [2.24, 2.45) is 0 Å². The van der Waals surface area contributed by atoms with Gasteiger partial charge in [-0.25, -0.2) is 0 Å². The standard InChI is InChI=1S/C11H17N.ClH/c1-2-3-9-12-10-11-7-5-4-6-8-11;/h4-8,12H,2-3,9-10H2,1H3;1H. The second kappa shape index (κ2) is 8.09. The smallest absolute Gasteiger partial charge is 0.101 e. The Balaban J connectivity index is 0.00000144. The summed E-state index contributed by atoms with van der Waals surface area (Å²) in [7, 11) is 0. The molecule has 0 bridgehead atoms. The second-order valence-electron chi connectivity index (χ2n) is 3.12. The fraction of sp³-hybridized carbons (Fsp3) is 0.455. The van der Waals surface area contributed by atoms with Crippen LogP contribution >= 0.6 is 0 Å². The topological polar surface area (TPSA) is 16.6 Å². The van der Waals surface area contributed by atoms with E-state index >= 15 is 0 Å². The van der Waals surface area contributed by atoms with E-state index in [-0.39, 0.29) is 12.4 Å². The lowest BCUT2D eigenvalue weighted by atomic mass is 10.2. The molecule has 0 saturated carbocycles. The first kappa shape index (κ1) is 12.5. The average molecular weight is 200 g/mol. The van der Waals surface area contributed by atoms with Crippen molar-refractivity contribution in [1.29, 1.82) is 0 Å². The van der Waals surface area contributed by atoms with E-state index in [4.69, 9.17) is 0 Å². The van der Waals surface area contributed by atoms with Gasteiger partial charge in [0.1, 0.15) is 6.54 Å². The zero-order valence-electron chi connectivity index (χ0n) is 8.17. The number of nitrogens with two attached hydrogens (primary N) is 1. The number of hydrogen-bond acceptors (Lipinski definition) is 0. The monoisotopic (exact) mass is 199 g/mol. The molecule has 0 aromatic heterocycles. The van der Waals surface area contributed by atoms with Crippen LogP contribution in [-0.2, 0) is 6.54 Å². The highest BCUT2D eigenvalue weighted by Gasteiger charge is 1.92. The molecule has 2 heteroatoms. The number of hydrogen-bond donors (Lipinski definition) is 1. The molecule has 0 heterocycles. The molecule has 0 radical (unpaired) electrons. The van der Waals surface area contributed by atoms with E-state index in [1.165, 1.54) is 24.9 Å². The van der Waals surface area contributed by atoms with Crippen molar-refractivity contribution < 1.29 is 17.7 Å². The lowest BCUT2D eigenvalue weighted by molar-refractivity contribution is -0.670. The van der Waals surface area contributed by atoms with E-state index in [9.17, 15) is 0 Å². The molecule has 74 valence electrons. The van der Waals surface area contributed by atoms with Gasteiger partial charge in [-0.15, -0.1) is 0 Å². The molecule has 1 aromatic carbocycles. The van der Waals surface area contributed by atoms with Crippen molar-refractivity contribution in [2.45, 2.75) is 26.3 Å². The molecule has 0 amide bonds. The quantitative estimate of drug-likeness (QED) is 0.560. The second-order valence-corrected chi connectivity index (χ2v) is 3.12. The van der Waals surface area contributed by atoms with Crippen LogP contribution in [0.3, 0.4) is 0 Å². The zero-order chi connectivity index (χ0) is 8.65. The molecular weight excluding hydrogens is 182 g/mol. The van der Waals surface area contributed by atoms with E-state index in [1.54, 1.807) is 0 Å². The van der Waals surface area contributed by atoms with Crippen LogP contribution in [0.25, 0.3) is 0 Å². The Morgan fingerprint density at radius 3 is 2.46 bits per heavy atom. The Hall–Kier alpha value is -0.530. The van der Waals surface area contributed by atoms with Gasteiger partial charge in [0, 0.05) is 5.56 Å². The molecule has 0 atom stereocenters. The largest absolute Gasteiger partial charge is 1.00 e. The van der Waals surface area contributed by atoms with Crippen LogP contribution < -0.4 is 17.7 Å². The normalized spacial score (nSPS) is 9.31. The summed E-state index contributed by atoms with van der Waals surface area (Å²) in [4.78, 5) is 0. The van der Waals surface area contributed by atoms with Gasteiger partial charge in [0.15, 0.2) is 0 Å². The highest BCUT2D eigenvalue weighted by atomic mass is 35.5. The van der Waals surface area contributed by atoms with Gasteiger partial charge in [0.25, 0.3) is 0 Å². The summed E-state index contributed by atoms with van der Waals surface area (Å²) in [6.07, 6.45) is 2.62. The van der Waals surface area contributed by atoms with E-state index in [0.717, 1.165) is 6.54 Å². The summed E-state index contributed by atoms with van der Waals surface area (Å²) in [5.74, 6) is 0. The van der Waals surface area contributed by atoms with Crippen molar-refractivity contribution in [1.82, 2.24) is 0 Å². The Labute approximate surface area is 87.0 Å². The minimum atomic E-state index is 0. The third-order valence-electron chi connectivity index (χ3n) is 1.98. The molecule has 0 aliphatic rings.